The van der Waals surface area contributed by atoms with E-state index in [0.717, 1.165) is 0 Å². The normalized spacial score (nSPS) is 14.6. The van der Waals surface area contributed by atoms with Gasteiger partial charge in [0.2, 0.25) is 0 Å². The molecule has 1 aromatic carbocycles. The van der Waals surface area contributed by atoms with Gasteiger partial charge < -0.3 is 14.9 Å². The number of hydrogen-bond donors (Lipinski definition) is 3. The lowest BCUT2D eigenvalue weighted by atomic mass is 10.0. The average Bonchev–Trinajstić information content (AvgIpc) is 2.28. The fraction of sp³-hybridized carbons (Fsp3) is 0.455. The lowest BCUT2D eigenvalue weighted by molar-refractivity contribution is 0.0159. The molecule has 0 fully saturated rings. The summed E-state index contributed by atoms with van der Waals surface area (Å²) in [6.07, 6.45) is -1.43. The first-order valence-corrected chi connectivity index (χ1v) is 5.91. The van der Waals surface area contributed by atoms with Crippen LogP contribution in [0.3, 0.4) is 0 Å². The van der Waals surface area contributed by atoms with E-state index in [1.807, 2.05) is 0 Å². The van der Waals surface area contributed by atoms with Crippen molar-refractivity contribution >= 4 is 24.2 Å². The zero-order chi connectivity index (χ0) is 12.1. The highest BCUT2D eigenvalue weighted by molar-refractivity contribution is 7.80. The molecule has 0 amide bonds. The summed E-state index contributed by atoms with van der Waals surface area (Å²) in [5, 5.41) is 20.1. The summed E-state index contributed by atoms with van der Waals surface area (Å²) in [5.74, 6) is 0.979. The summed E-state index contributed by atoms with van der Waals surface area (Å²) in [7, 11) is 1.49. The molecule has 0 radical (unpaired) electrons. The van der Waals surface area contributed by atoms with E-state index in [-0.39, 0.29) is 0 Å². The second-order valence-electron chi connectivity index (χ2n) is 3.41. The van der Waals surface area contributed by atoms with Crippen LogP contribution in [0.15, 0.2) is 18.2 Å². The van der Waals surface area contributed by atoms with Gasteiger partial charge in [-0.15, -0.1) is 0 Å². The molecular formula is C11H15ClO3S. The van der Waals surface area contributed by atoms with Crippen molar-refractivity contribution in [1.29, 1.82) is 0 Å². The molecule has 2 atom stereocenters. The number of ether oxygens (including phenoxy) is 1. The molecule has 0 heterocycles. The molecule has 0 saturated heterocycles. The Hall–Kier alpha value is -0.420. The van der Waals surface area contributed by atoms with E-state index >= 15 is 0 Å². The van der Waals surface area contributed by atoms with Crippen molar-refractivity contribution in [1.82, 2.24) is 0 Å². The van der Waals surface area contributed by atoms with Crippen molar-refractivity contribution in [2.75, 3.05) is 12.9 Å². The molecule has 0 aliphatic carbocycles. The van der Waals surface area contributed by atoms with E-state index in [9.17, 15) is 10.2 Å². The third-order valence-corrected chi connectivity index (χ3v) is 2.80. The molecule has 0 spiro atoms. The van der Waals surface area contributed by atoms with E-state index < -0.39 is 12.2 Å². The number of rotatable bonds is 5. The Labute approximate surface area is 105 Å². The van der Waals surface area contributed by atoms with Crippen molar-refractivity contribution < 1.29 is 14.9 Å². The lowest BCUT2D eigenvalue weighted by Crippen LogP contribution is -2.19. The predicted octanol–water partition coefficient (Wildman–Crippen LogP) is 2.06. The minimum atomic E-state index is -0.987. The van der Waals surface area contributed by atoms with Crippen LogP contribution in [-0.2, 0) is 0 Å². The molecule has 0 bridgehead atoms. The van der Waals surface area contributed by atoms with Gasteiger partial charge in [0, 0.05) is 10.6 Å². The number of thiol groups is 1. The van der Waals surface area contributed by atoms with Crippen LogP contribution in [0, 0.1) is 0 Å². The molecule has 3 nitrogen and oxygen atoms in total. The van der Waals surface area contributed by atoms with Crippen LogP contribution in [0.1, 0.15) is 18.1 Å². The first-order chi connectivity index (χ1) is 7.60. The molecule has 0 aromatic heterocycles. The minimum absolute atomic E-state index is 0.413. The molecule has 1 aromatic rings. The van der Waals surface area contributed by atoms with Gasteiger partial charge in [-0.25, -0.2) is 0 Å². The molecule has 90 valence electrons. The van der Waals surface area contributed by atoms with Gasteiger partial charge in [-0.05, 0) is 24.3 Å². The van der Waals surface area contributed by atoms with Gasteiger partial charge in [-0.1, -0.05) is 17.7 Å². The van der Waals surface area contributed by atoms with Crippen molar-refractivity contribution in [3.8, 4) is 5.75 Å². The topological polar surface area (TPSA) is 49.7 Å². The van der Waals surface area contributed by atoms with Gasteiger partial charge in [0.05, 0.1) is 13.2 Å². The van der Waals surface area contributed by atoms with Gasteiger partial charge in [0.25, 0.3) is 0 Å². The second kappa shape index (κ2) is 6.35. The number of methoxy groups -OCH3 is 1. The summed E-state index contributed by atoms with van der Waals surface area (Å²) in [6.45, 7) is 0. The smallest absolute Gasteiger partial charge is 0.126 e. The van der Waals surface area contributed by atoms with Crippen molar-refractivity contribution in [3.05, 3.63) is 28.8 Å². The maximum Gasteiger partial charge on any atom is 0.126 e. The molecular weight excluding hydrogens is 248 g/mol. The third kappa shape index (κ3) is 3.28. The quantitative estimate of drug-likeness (QED) is 0.712. The number of hydrogen-bond acceptors (Lipinski definition) is 4. The fourth-order valence-corrected chi connectivity index (χ4v) is 1.85. The van der Waals surface area contributed by atoms with Crippen molar-refractivity contribution in [2.45, 2.75) is 18.6 Å². The molecule has 2 unspecified atom stereocenters. The van der Waals surface area contributed by atoms with Gasteiger partial charge in [0.1, 0.15) is 11.9 Å². The van der Waals surface area contributed by atoms with Crippen LogP contribution in [0.4, 0.5) is 0 Å². The average molecular weight is 263 g/mol. The lowest BCUT2D eigenvalue weighted by Gasteiger charge is -2.19. The summed E-state index contributed by atoms with van der Waals surface area (Å²) in [5.41, 5.74) is 0.529. The van der Waals surface area contributed by atoms with E-state index in [1.54, 1.807) is 18.2 Å². The minimum Gasteiger partial charge on any atom is -0.496 e. The molecule has 0 aliphatic rings. The number of aliphatic hydroxyl groups is 2. The monoisotopic (exact) mass is 262 g/mol. The van der Waals surface area contributed by atoms with Gasteiger partial charge in [0.15, 0.2) is 0 Å². The van der Waals surface area contributed by atoms with Crippen LogP contribution in [-0.4, -0.2) is 29.2 Å². The van der Waals surface area contributed by atoms with Crippen LogP contribution in [0.2, 0.25) is 5.02 Å². The van der Waals surface area contributed by atoms with Crippen molar-refractivity contribution in [3.63, 3.8) is 0 Å². The molecule has 16 heavy (non-hydrogen) atoms. The molecule has 5 heteroatoms. The summed E-state index contributed by atoms with van der Waals surface area (Å²) in [6, 6.07) is 4.90. The van der Waals surface area contributed by atoms with Gasteiger partial charge in [-0.2, -0.15) is 12.6 Å². The Kier molecular flexibility index (Phi) is 5.41. The molecule has 1 rings (SSSR count). The first kappa shape index (κ1) is 13.6. The third-order valence-electron chi connectivity index (χ3n) is 2.30. The predicted molar refractivity (Wildman–Crippen MR) is 67.4 cm³/mol. The molecule has 2 N–H and O–H groups in total. The van der Waals surface area contributed by atoms with Gasteiger partial charge >= 0.3 is 0 Å². The van der Waals surface area contributed by atoms with Gasteiger partial charge in [-0.3, -0.25) is 0 Å². The van der Waals surface area contributed by atoms with Crippen LogP contribution in [0.25, 0.3) is 0 Å². The van der Waals surface area contributed by atoms with Crippen LogP contribution in [0.5, 0.6) is 5.75 Å². The Bertz CT molecular complexity index is 346. The highest BCUT2D eigenvalue weighted by Crippen LogP contribution is 2.30. The molecule has 0 aliphatic heterocycles. The summed E-state index contributed by atoms with van der Waals surface area (Å²) in [4.78, 5) is 0. The Morgan fingerprint density at radius 2 is 2.12 bits per heavy atom. The first-order valence-electron chi connectivity index (χ1n) is 4.90. The zero-order valence-electron chi connectivity index (χ0n) is 8.93. The van der Waals surface area contributed by atoms with E-state index in [2.05, 4.69) is 12.6 Å². The van der Waals surface area contributed by atoms with Crippen LogP contribution < -0.4 is 4.74 Å². The fourth-order valence-electron chi connectivity index (χ4n) is 1.43. The van der Waals surface area contributed by atoms with E-state index in [1.165, 1.54) is 7.11 Å². The summed E-state index contributed by atoms with van der Waals surface area (Å²) < 4.78 is 5.10. The maximum absolute atomic E-state index is 9.92. The van der Waals surface area contributed by atoms with Crippen molar-refractivity contribution in [2.24, 2.45) is 0 Å². The molecule has 0 saturated carbocycles. The maximum atomic E-state index is 9.92. The summed E-state index contributed by atoms with van der Waals surface area (Å²) >= 11 is 9.81. The van der Waals surface area contributed by atoms with Crippen LogP contribution >= 0.6 is 24.2 Å². The standard InChI is InChI=1S/C11H15ClO3S/c1-15-10-6-7(12)2-3-8(10)11(14)9(13)4-5-16/h2-3,6,9,11,13-14,16H,4-5H2,1H3. The largest absolute Gasteiger partial charge is 0.496 e. The highest BCUT2D eigenvalue weighted by Gasteiger charge is 2.21. The Balaban J connectivity index is 2.93. The SMILES string of the molecule is COc1cc(Cl)ccc1C(O)C(O)CCS. The zero-order valence-corrected chi connectivity index (χ0v) is 10.6. The number of aliphatic hydroxyl groups excluding tert-OH is 2. The Morgan fingerprint density at radius 1 is 1.44 bits per heavy atom. The van der Waals surface area contributed by atoms with E-state index in [0.29, 0.717) is 28.5 Å². The van der Waals surface area contributed by atoms with E-state index in [4.69, 9.17) is 16.3 Å². The number of benzene rings is 1. The Morgan fingerprint density at radius 3 is 2.69 bits per heavy atom. The highest BCUT2D eigenvalue weighted by atomic mass is 35.5. The second-order valence-corrected chi connectivity index (χ2v) is 4.29. The number of halogens is 1.